The molecule has 0 aliphatic carbocycles. The Bertz CT molecular complexity index is 624. The van der Waals surface area contributed by atoms with E-state index in [9.17, 15) is 4.79 Å². The summed E-state index contributed by atoms with van der Waals surface area (Å²) < 4.78 is 5.86. The molecule has 0 aromatic heterocycles. The zero-order valence-electron chi connectivity index (χ0n) is 11.6. The number of hydrogen-bond acceptors (Lipinski definition) is 3. The molecule has 0 radical (unpaired) electrons. The number of hydrogen-bond donors (Lipinski definition) is 2. The van der Waals surface area contributed by atoms with Gasteiger partial charge in [0.05, 0.1) is 5.69 Å². The molecule has 0 aliphatic heterocycles. The zero-order valence-corrected chi connectivity index (χ0v) is 11.6. The summed E-state index contributed by atoms with van der Waals surface area (Å²) in [4.78, 5) is 11.6. The van der Waals surface area contributed by atoms with Gasteiger partial charge in [-0.25, -0.2) is 0 Å². The minimum atomic E-state index is -0.168. The number of benzene rings is 2. The first-order valence-electron chi connectivity index (χ1n) is 6.53. The molecule has 0 saturated carbocycles. The van der Waals surface area contributed by atoms with Gasteiger partial charge in [-0.15, -0.1) is 0 Å². The quantitative estimate of drug-likeness (QED) is 0.839. The van der Waals surface area contributed by atoms with Gasteiger partial charge >= 0.3 is 0 Å². The standard InChI is InChI=1S/C16H18N2O2/c1-3-11-6-4-5-7-14(11)20-15-10-12(16(19)18-2)8-9-13(15)17/h4-10H,3,17H2,1-2H3,(H,18,19). The molecule has 2 aromatic carbocycles. The second-order valence-corrected chi connectivity index (χ2v) is 4.40. The van der Waals surface area contributed by atoms with Crippen LogP contribution < -0.4 is 15.8 Å². The van der Waals surface area contributed by atoms with E-state index >= 15 is 0 Å². The Kier molecular flexibility index (Phi) is 4.25. The molecule has 4 nitrogen and oxygen atoms in total. The second kappa shape index (κ2) is 6.10. The van der Waals surface area contributed by atoms with Gasteiger partial charge in [-0.05, 0) is 36.2 Å². The molecule has 20 heavy (non-hydrogen) atoms. The molecule has 3 N–H and O–H groups in total. The van der Waals surface area contributed by atoms with Crippen molar-refractivity contribution in [2.45, 2.75) is 13.3 Å². The fraction of sp³-hybridized carbons (Fsp3) is 0.188. The third-order valence-corrected chi connectivity index (χ3v) is 3.08. The van der Waals surface area contributed by atoms with E-state index in [-0.39, 0.29) is 5.91 Å². The summed E-state index contributed by atoms with van der Waals surface area (Å²) in [5, 5.41) is 2.58. The molecule has 1 amide bonds. The van der Waals surface area contributed by atoms with Crippen molar-refractivity contribution in [2.75, 3.05) is 12.8 Å². The molecule has 0 heterocycles. The molecule has 0 bridgehead atoms. The maximum absolute atomic E-state index is 11.6. The van der Waals surface area contributed by atoms with Crippen molar-refractivity contribution >= 4 is 11.6 Å². The molecule has 0 saturated heterocycles. The fourth-order valence-electron chi connectivity index (χ4n) is 1.92. The van der Waals surface area contributed by atoms with Gasteiger partial charge in [0, 0.05) is 12.6 Å². The van der Waals surface area contributed by atoms with Gasteiger partial charge in [0.1, 0.15) is 5.75 Å². The number of nitrogens with one attached hydrogen (secondary N) is 1. The van der Waals surface area contributed by atoms with Crippen LogP contribution in [0.5, 0.6) is 11.5 Å². The summed E-state index contributed by atoms with van der Waals surface area (Å²) in [7, 11) is 1.59. The van der Waals surface area contributed by atoms with Gasteiger partial charge in [-0.3, -0.25) is 4.79 Å². The molecule has 0 spiro atoms. The second-order valence-electron chi connectivity index (χ2n) is 4.40. The number of rotatable bonds is 4. The minimum absolute atomic E-state index is 0.168. The van der Waals surface area contributed by atoms with Crippen molar-refractivity contribution in [3.63, 3.8) is 0 Å². The highest BCUT2D eigenvalue weighted by Gasteiger charge is 2.10. The van der Waals surface area contributed by atoms with Crippen molar-refractivity contribution in [2.24, 2.45) is 0 Å². The number of para-hydroxylation sites is 1. The normalized spacial score (nSPS) is 10.1. The topological polar surface area (TPSA) is 64.3 Å². The highest BCUT2D eigenvalue weighted by molar-refractivity contribution is 5.95. The lowest BCUT2D eigenvalue weighted by atomic mass is 10.1. The number of anilines is 1. The highest BCUT2D eigenvalue weighted by Crippen LogP contribution is 2.30. The van der Waals surface area contributed by atoms with Gasteiger partial charge in [-0.2, -0.15) is 0 Å². The lowest BCUT2D eigenvalue weighted by Gasteiger charge is -2.12. The largest absolute Gasteiger partial charge is 0.455 e. The Morgan fingerprint density at radius 2 is 1.95 bits per heavy atom. The maximum atomic E-state index is 11.6. The molecule has 0 atom stereocenters. The number of carbonyl (C=O) groups excluding carboxylic acids is 1. The number of ether oxygens (including phenoxy) is 1. The van der Waals surface area contributed by atoms with Crippen LogP contribution in [0.4, 0.5) is 5.69 Å². The van der Waals surface area contributed by atoms with E-state index in [2.05, 4.69) is 12.2 Å². The molecular formula is C16H18N2O2. The summed E-state index contributed by atoms with van der Waals surface area (Å²) in [6.45, 7) is 2.06. The molecule has 0 unspecified atom stereocenters. The Morgan fingerprint density at radius 1 is 1.20 bits per heavy atom. The molecule has 4 heteroatoms. The van der Waals surface area contributed by atoms with Crippen molar-refractivity contribution in [1.82, 2.24) is 5.32 Å². The first kappa shape index (κ1) is 13.9. The fourth-order valence-corrected chi connectivity index (χ4v) is 1.92. The third kappa shape index (κ3) is 2.91. The van der Waals surface area contributed by atoms with Gasteiger partial charge in [-0.1, -0.05) is 25.1 Å². The predicted molar refractivity (Wildman–Crippen MR) is 80.1 cm³/mol. The molecule has 2 rings (SSSR count). The molecular weight excluding hydrogens is 252 g/mol. The van der Waals surface area contributed by atoms with Crippen LogP contribution >= 0.6 is 0 Å². The molecule has 2 aromatic rings. The maximum Gasteiger partial charge on any atom is 0.251 e. The van der Waals surface area contributed by atoms with Crippen LogP contribution in [-0.4, -0.2) is 13.0 Å². The first-order chi connectivity index (χ1) is 9.65. The summed E-state index contributed by atoms with van der Waals surface area (Å²) in [5.74, 6) is 1.08. The van der Waals surface area contributed by atoms with Crippen LogP contribution in [-0.2, 0) is 6.42 Å². The Hall–Kier alpha value is -2.49. The van der Waals surface area contributed by atoms with E-state index < -0.39 is 0 Å². The Balaban J connectivity index is 2.35. The molecule has 104 valence electrons. The number of carbonyl (C=O) groups is 1. The SMILES string of the molecule is CCc1ccccc1Oc1cc(C(=O)NC)ccc1N. The van der Waals surface area contributed by atoms with E-state index in [1.807, 2.05) is 24.3 Å². The lowest BCUT2D eigenvalue weighted by molar-refractivity contribution is 0.0963. The van der Waals surface area contributed by atoms with Crippen molar-refractivity contribution in [3.05, 3.63) is 53.6 Å². The van der Waals surface area contributed by atoms with E-state index in [1.54, 1.807) is 25.2 Å². The zero-order chi connectivity index (χ0) is 14.5. The summed E-state index contributed by atoms with van der Waals surface area (Å²) in [6.07, 6.45) is 0.866. The van der Waals surface area contributed by atoms with Gasteiger partial charge < -0.3 is 15.8 Å². The minimum Gasteiger partial charge on any atom is -0.455 e. The Labute approximate surface area is 118 Å². The van der Waals surface area contributed by atoms with Crippen LogP contribution in [0.25, 0.3) is 0 Å². The average molecular weight is 270 g/mol. The van der Waals surface area contributed by atoms with Crippen LogP contribution in [0, 0.1) is 0 Å². The predicted octanol–water partition coefficient (Wildman–Crippen LogP) is 2.98. The first-order valence-corrected chi connectivity index (χ1v) is 6.53. The van der Waals surface area contributed by atoms with Crippen molar-refractivity contribution < 1.29 is 9.53 Å². The van der Waals surface area contributed by atoms with Gasteiger partial charge in [0.15, 0.2) is 5.75 Å². The summed E-state index contributed by atoms with van der Waals surface area (Å²) >= 11 is 0. The monoisotopic (exact) mass is 270 g/mol. The highest BCUT2D eigenvalue weighted by atomic mass is 16.5. The lowest BCUT2D eigenvalue weighted by Crippen LogP contribution is -2.17. The van der Waals surface area contributed by atoms with Crippen molar-refractivity contribution in [3.8, 4) is 11.5 Å². The van der Waals surface area contributed by atoms with E-state index in [0.717, 1.165) is 17.7 Å². The van der Waals surface area contributed by atoms with Crippen LogP contribution in [0.3, 0.4) is 0 Å². The van der Waals surface area contributed by atoms with Crippen LogP contribution in [0.2, 0.25) is 0 Å². The number of nitrogen functional groups attached to an aromatic ring is 1. The molecule has 0 fully saturated rings. The average Bonchev–Trinajstić information content (AvgIpc) is 2.49. The number of nitrogens with two attached hydrogens (primary N) is 1. The van der Waals surface area contributed by atoms with E-state index in [1.165, 1.54) is 0 Å². The van der Waals surface area contributed by atoms with Crippen molar-refractivity contribution in [1.29, 1.82) is 0 Å². The van der Waals surface area contributed by atoms with Gasteiger partial charge in [0.25, 0.3) is 5.91 Å². The summed E-state index contributed by atoms with van der Waals surface area (Å²) in [6, 6.07) is 12.8. The molecule has 0 aliphatic rings. The van der Waals surface area contributed by atoms with E-state index in [4.69, 9.17) is 10.5 Å². The number of aryl methyl sites for hydroxylation is 1. The smallest absolute Gasteiger partial charge is 0.251 e. The van der Waals surface area contributed by atoms with Crippen LogP contribution in [0.15, 0.2) is 42.5 Å². The summed E-state index contributed by atoms with van der Waals surface area (Å²) in [5.41, 5.74) is 8.03. The number of amides is 1. The Morgan fingerprint density at radius 3 is 2.65 bits per heavy atom. The third-order valence-electron chi connectivity index (χ3n) is 3.08. The van der Waals surface area contributed by atoms with Crippen LogP contribution in [0.1, 0.15) is 22.8 Å². The van der Waals surface area contributed by atoms with E-state index in [0.29, 0.717) is 17.0 Å². The van der Waals surface area contributed by atoms with Gasteiger partial charge in [0.2, 0.25) is 0 Å².